The largest absolute Gasteiger partial charge is 0.395 e. The van der Waals surface area contributed by atoms with Gasteiger partial charge >= 0.3 is 0 Å². The Balaban J connectivity index is 1.95. The molecule has 4 N–H and O–H groups in total. The fourth-order valence-electron chi connectivity index (χ4n) is 2.95. The van der Waals surface area contributed by atoms with E-state index < -0.39 is 6.10 Å². The number of rotatable bonds is 6. The van der Waals surface area contributed by atoms with Gasteiger partial charge in [0.25, 0.3) is 0 Å². The van der Waals surface area contributed by atoms with Crippen LogP contribution in [-0.2, 0) is 6.54 Å². The minimum Gasteiger partial charge on any atom is -0.395 e. The number of hydrogen-bond donors (Lipinski definition) is 4. The predicted octanol–water partition coefficient (Wildman–Crippen LogP) is 2.66. The molecule has 1 atom stereocenters. The van der Waals surface area contributed by atoms with Crippen molar-refractivity contribution >= 4 is 23.5 Å². The third kappa shape index (κ3) is 4.96. The van der Waals surface area contributed by atoms with Crippen LogP contribution in [0.5, 0.6) is 0 Å². The zero-order chi connectivity index (χ0) is 20.3. The van der Waals surface area contributed by atoms with E-state index in [4.69, 9.17) is 4.98 Å². The van der Waals surface area contributed by atoms with Crippen LogP contribution >= 0.6 is 0 Å². The van der Waals surface area contributed by atoms with Crippen molar-refractivity contribution in [1.82, 2.24) is 19.9 Å². The summed E-state index contributed by atoms with van der Waals surface area (Å²) in [4.78, 5) is 15.1. The molecular formula is C20H28N6O2. The van der Waals surface area contributed by atoms with E-state index in [0.29, 0.717) is 30.4 Å². The lowest BCUT2D eigenvalue weighted by atomic mass is 10.0. The van der Waals surface area contributed by atoms with Crippen LogP contribution in [0.3, 0.4) is 0 Å². The summed E-state index contributed by atoms with van der Waals surface area (Å²) in [6.45, 7) is 9.29. The predicted molar refractivity (Wildman–Crippen MR) is 110 cm³/mol. The van der Waals surface area contributed by atoms with E-state index in [1.54, 1.807) is 13.0 Å². The molecule has 0 spiro atoms. The summed E-state index contributed by atoms with van der Waals surface area (Å²) in [7, 11) is 0. The summed E-state index contributed by atoms with van der Waals surface area (Å²) in [5.74, 6) is 2.02. The van der Waals surface area contributed by atoms with Gasteiger partial charge in [0.05, 0.1) is 18.4 Å². The maximum absolute atomic E-state index is 9.74. The standard InChI is InChI=1S/C20H28N6O2/c1-13(28)16-10-17(22-12-21-16)23-18-9-14-5-6-26(7-8-27)11-15(14)19(24-18)25-20(2,3)4/h5-6,9-10,12-13,27-28H,7-8,11H2,1-4H3,(H2,21,22,23,24,25). The van der Waals surface area contributed by atoms with Gasteiger partial charge in [0, 0.05) is 36.5 Å². The average Bonchev–Trinajstić information content (AvgIpc) is 2.61. The van der Waals surface area contributed by atoms with Crippen LogP contribution in [0.1, 0.15) is 50.6 Å². The third-order valence-electron chi connectivity index (χ3n) is 4.24. The second-order valence-corrected chi connectivity index (χ2v) is 7.94. The number of nitrogens with one attached hydrogen (secondary N) is 2. The number of aliphatic hydroxyl groups excluding tert-OH is 2. The van der Waals surface area contributed by atoms with Crippen molar-refractivity contribution in [2.75, 3.05) is 23.8 Å². The molecule has 150 valence electrons. The Bertz CT molecular complexity index is 860. The molecule has 0 radical (unpaired) electrons. The summed E-state index contributed by atoms with van der Waals surface area (Å²) >= 11 is 0. The first-order valence-electron chi connectivity index (χ1n) is 9.37. The highest BCUT2D eigenvalue weighted by molar-refractivity contribution is 5.69. The van der Waals surface area contributed by atoms with Gasteiger partial charge in [0.2, 0.25) is 0 Å². The zero-order valence-corrected chi connectivity index (χ0v) is 16.8. The zero-order valence-electron chi connectivity index (χ0n) is 16.8. The van der Waals surface area contributed by atoms with Crippen molar-refractivity contribution in [1.29, 1.82) is 0 Å². The summed E-state index contributed by atoms with van der Waals surface area (Å²) in [6.07, 6.45) is 4.76. The van der Waals surface area contributed by atoms with Crippen molar-refractivity contribution < 1.29 is 10.2 Å². The van der Waals surface area contributed by atoms with Crippen LogP contribution in [0.2, 0.25) is 0 Å². The Hall–Kier alpha value is -2.71. The third-order valence-corrected chi connectivity index (χ3v) is 4.24. The van der Waals surface area contributed by atoms with Gasteiger partial charge in [-0.2, -0.15) is 0 Å². The number of aromatic nitrogens is 3. The van der Waals surface area contributed by atoms with Gasteiger partial charge in [-0.05, 0) is 45.4 Å². The molecule has 2 aromatic heterocycles. The average molecular weight is 384 g/mol. The molecule has 1 aliphatic heterocycles. The SMILES string of the molecule is CC(O)c1cc(Nc2cc3c(c(NC(C)(C)C)n2)CN(CCO)C=C3)ncn1. The summed E-state index contributed by atoms with van der Waals surface area (Å²) in [6, 6.07) is 3.68. The van der Waals surface area contributed by atoms with Crippen LogP contribution in [0.25, 0.3) is 6.08 Å². The first-order valence-corrected chi connectivity index (χ1v) is 9.37. The topological polar surface area (TPSA) is 106 Å². The van der Waals surface area contributed by atoms with Crippen LogP contribution in [0, 0.1) is 0 Å². The van der Waals surface area contributed by atoms with Gasteiger partial charge in [0.1, 0.15) is 23.8 Å². The number of nitrogens with zero attached hydrogens (tertiary/aromatic N) is 4. The molecule has 0 amide bonds. The van der Waals surface area contributed by atoms with E-state index in [1.165, 1.54) is 6.33 Å². The Morgan fingerprint density at radius 3 is 2.68 bits per heavy atom. The fraction of sp³-hybridized carbons (Fsp3) is 0.450. The van der Waals surface area contributed by atoms with Gasteiger partial charge in [0.15, 0.2) is 0 Å². The van der Waals surface area contributed by atoms with Crippen LogP contribution in [0.15, 0.2) is 24.7 Å². The quantitative estimate of drug-likeness (QED) is 0.602. The smallest absolute Gasteiger partial charge is 0.135 e. The normalized spacial score (nSPS) is 14.6. The van der Waals surface area contributed by atoms with Crippen LogP contribution in [0.4, 0.5) is 17.5 Å². The first kappa shape index (κ1) is 20.0. The van der Waals surface area contributed by atoms with Gasteiger partial charge < -0.3 is 25.7 Å². The number of hydrogen-bond acceptors (Lipinski definition) is 8. The number of anilines is 3. The van der Waals surface area contributed by atoms with Crippen LogP contribution in [-0.4, -0.2) is 48.8 Å². The molecule has 28 heavy (non-hydrogen) atoms. The van der Waals surface area contributed by atoms with Gasteiger partial charge in [-0.15, -0.1) is 0 Å². The highest BCUT2D eigenvalue weighted by atomic mass is 16.3. The minimum absolute atomic E-state index is 0.105. The molecule has 3 rings (SSSR count). The van der Waals surface area contributed by atoms with E-state index in [1.807, 2.05) is 18.3 Å². The second-order valence-electron chi connectivity index (χ2n) is 7.94. The van der Waals surface area contributed by atoms with E-state index >= 15 is 0 Å². The summed E-state index contributed by atoms with van der Waals surface area (Å²) < 4.78 is 0. The fourth-order valence-corrected chi connectivity index (χ4v) is 2.95. The van der Waals surface area contributed by atoms with Crippen molar-refractivity contribution in [3.8, 4) is 0 Å². The molecule has 0 bridgehead atoms. The Morgan fingerprint density at radius 1 is 1.21 bits per heavy atom. The molecule has 3 heterocycles. The maximum atomic E-state index is 9.74. The molecule has 1 unspecified atom stereocenters. The van der Waals surface area contributed by atoms with Crippen molar-refractivity contribution in [3.05, 3.63) is 41.5 Å². The molecule has 0 saturated carbocycles. The molecule has 1 aliphatic rings. The molecule has 0 saturated heterocycles. The minimum atomic E-state index is -0.668. The molecule has 2 aromatic rings. The lowest BCUT2D eigenvalue weighted by Gasteiger charge is -2.29. The highest BCUT2D eigenvalue weighted by Crippen LogP contribution is 2.30. The molecule has 8 nitrogen and oxygen atoms in total. The Morgan fingerprint density at radius 2 is 2.00 bits per heavy atom. The van der Waals surface area contributed by atoms with Gasteiger partial charge in [-0.1, -0.05) is 0 Å². The lowest BCUT2D eigenvalue weighted by Crippen LogP contribution is -2.30. The Kier molecular flexibility index (Phi) is 5.81. The molecular weight excluding hydrogens is 356 g/mol. The maximum Gasteiger partial charge on any atom is 0.135 e. The molecule has 0 fully saturated rings. The number of pyridine rings is 1. The van der Waals surface area contributed by atoms with E-state index in [2.05, 4.69) is 46.3 Å². The van der Waals surface area contributed by atoms with Crippen molar-refractivity contribution in [3.63, 3.8) is 0 Å². The van der Waals surface area contributed by atoms with E-state index in [-0.39, 0.29) is 12.1 Å². The first-order chi connectivity index (χ1) is 13.2. The lowest BCUT2D eigenvalue weighted by molar-refractivity contribution is 0.194. The molecule has 8 heteroatoms. The number of fused-ring (bicyclic) bond motifs is 1. The van der Waals surface area contributed by atoms with E-state index in [9.17, 15) is 10.2 Å². The van der Waals surface area contributed by atoms with Crippen molar-refractivity contribution in [2.45, 2.75) is 45.9 Å². The highest BCUT2D eigenvalue weighted by Gasteiger charge is 2.21. The number of aliphatic hydroxyl groups is 2. The van der Waals surface area contributed by atoms with Gasteiger partial charge in [-0.25, -0.2) is 15.0 Å². The molecule has 0 aromatic carbocycles. The monoisotopic (exact) mass is 384 g/mol. The van der Waals surface area contributed by atoms with Crippen molar-refractivity contribution in [2.24, 2.45) is 0 Å². The molecule has 0 aliphatic carbocycles. The number of β-amino-alcohol motifs (C(OH)–C–C–N with tert-alkyl or cyclic N) is 1. The Labute approximate surface area is 165 Å². The summed E-state index contributed by atoms with van der Waals surface area (Å²) in [5, 5.41) is 25.7. The summed E-state index contributed by atoms with van der Waals surface area (Å²) in [5.41, 5.74) is 2.53. The second kappa shape index (κ2) is 8.12. The van der Waals surface area contributed by atoms with Crippen LogP contribution < -0.4 is 10.6 Å². The van der Waals surface area contributed by atoms with Gasteiger partial charge in [-0.3, -0.25) is 0 Å². The van der Waals surface area contributed by atoms with E-state index in [0.717, 1.165) is 16.9 Å².